The minimum Gasteiger partial charge on any atom is -0.444 e. The molecule has 5 atom stereocenters. The van der Waals surface area contributed by atoms with Crippen molar-refractivity contribution in [3.05, 3.63) is 0 Å². The Morgan fingerprint density at radius 1 is 0.935 bits per heavy atom. The Kier molecular flexibility index (Phi) is 13.7. The van der Waals surface area contributed by atoms with Crippen LogP contribution in [0.3, 0.4) is 0 Å². The average Bonchev–Trinajstić information content (AvgIpc) is 2.68. The lowest BCUT2D eigenvalue weighted by Crippen LogP contribution is -2.63. The average molecular weight is 446 g/mol. The standard InChI is InChI=1S/C24H47NO6/c1-7-10-13-28-17-18-16-19(26)20(25-23(27)31-24(4,5)6)22(30-15-12-9-3)21(18)29-14-11-8-2/h18-22,26H,7-17H2,1-6H3,(H,25,27)/t18-,19?,20?,21?,22-/m1/s1. The van der Waals surface area contributed by atoms with Crippen molar-refractivity contribution in [3.8, 4) is 0 Å². The van der Waals surface area contributed by atoms with Gasteiger partial charge in [-0.25, -0.2) is 4.79 Å². The molecule has 3 unspecified atom stereocenters. The van der Waals surface area contributed by atoms with Gasteiger partial charge < -0.3 is 29.4 Å². The summed E-state index contributed by atoms with van der Waals surface area (Å²) in [7, 11) is 0. The van der Waals surface area contributed by atoms with Crippen LogP contribution in [0.1, 0.15) is 86.5 Å². The molecular formula is C24H47NO6. The highest BCUT2D eigenvalue weighted by Gasteiger charge is 2.47. The van der Waals surface area contributed by atoms with Crippen LogP contribution >= 0.6 is 0 Å². The van der Waals surface area contributed by atoms with Gasteiger partial charge in [-0.05, 0) is 46.5 Å². The number of rotatable bonds is 14. The molecule has 31 heavy (non-hydrogen) atoms. The van der Waals surface area contributed by atoms with Crippen LogP contribution in [0.15, 0.2) is 0 Å². The second kappa shape index (κ2) is 15.0. The normalized spacial score (nSPS) is 26.6. The van der Waals surface area contributed by atoms with Gasteiger partial charge in [0.2, 0.25) is 0 Å². The number of alkyl carbamates (subject to hydrolysis) is 1. The Bertz CT molecular complexity index is 481. The van der Waals surface area contributed by atoms with Gasteiger partial charge in [0.25, 0.3) is 0 Å². The molecule has 7 nitrogen and oxygen atoms in total. The predicted molar refractivity (Wildman–Crippen MR) is 122 cm³/mol. The van der Waals surface area contributed by atoms with E-state index < -0.39 is 29.9 Å². The first-order valence-corrected chi connectivity index (χ1v) is 12.2. The lowest BCUT2D eigenvalue weighted by Gasteiger charge is -2.45. The molecule has 7 heteroatoms. The van der Waals surface area contributed by atoms with Crippen LogP contribution in [-0.4, -0.2) is 67.6 Å². The number of hydrogen-bond acceptors (Lipinski definition) is 6. The summed E-state index contributed by atoms with van der Waals surface area (Å²) >= 11 is 0. The molecule has 0 aromatic heterocycles. The molecule has 0 aromatic carbocycles. The molecule has 0 aromatic rings. The Morgan fingerprint density at radius 3 is 2.03 bits per heavy atom. The zero-order valence-corrected chi connectivity index (χ0v) is 20.7. The fourth-order valence-electron chi connectivity index (χ4n) is 3.71. The van der Waals surface area contributed by atoms with E-state index in [0.29, 0.717) is 32.8 Å². The number of amides is 1. The van der Waals surface area contributed by atoms with E-state index in [2.05, 4.69) is 26.1 Å². The van der Waals surface area contributed by atoms with E-state index >= 15 is 0 Å². The quantitative estimate of drug-likeness (QED) is 0.384. The smallest absolute Gasteiger partial charge is 0.408 e. The van der Waals surface area contributed by atoms with Gasteiger partial charge >= 0.3 is 6.09 Å². The van der Waals surface area contributed by atoms with Crippen LogP contribution in [0, 0.1) is 5.92 Å². The maximum Gasteiger partial charge on any atom is 0.408 e. The molecule has 0 aliphatic heterocycles. The number of carbonyl (C=O) groups excluding carboxylic acids is 1. The van der Waals surface area contributed by atoms with Crippen LogP contribution in [-0.2, 0) is 18.9 Å². The van der Waals surface area contributed by atoms with Gasteiger partial charge in [0.1, 0.15) is 11.7 Å². The molecule has 0 spiro atoms. The number of ether oxygens (including phenoxy) is 4. The SMILES string of the molecule is CCCCOC[C@H]1CC(O)C(NC(=O)OC(C)(C)C)[C@@H](OCCCC)C1OCCCC. The van der Waals surface area contributed by atoms with Crippen molar-refractivity contribution >= 4 is 6.09 Å². The Hall–Kier alpha value is -0.890. The zero-order chi connectivity index (χ0) is 23.3. The molecule has 1 fully saturated rings. The Labute approximate surface area is 189 Å². The summed E-state index contributed by atoms with van der Waals surface area (Å²) in [6.45, 7) is 14.2. The van der Waals surface area contributed by atoms with Crippen molar-refractivity contribution in [2.24, 2.45) is 5.92 Å². The molecule has 1 aliphatic carbocycles. The van der Waals surface area contributed by atoms with Crippen molar-refractivity contribution < 1.29 is 28.8 Å². The fourth-order valence-corrected chi connectivity index (χ4v) is 3.71. The first-order chi connectivity index (χ1) is 14.7. The molecule has 184 valence electrons. The molecule has 0 heterocycles. The Morgan fingerprint density at radius 2 is 1.48 bits per heavy atom. The maximum absolute atomic E-state index is 12.5. The lowest BCUT2D eigenvalue weighted by atomic mass is 9.79. The first kappa shape index (κ1) is 28.1. The molecule has 2 N–H and O–H groups in total. The fraction of sp³-hybridized carbons (Fsp3) is 0.958. The van der Waals surface area contributed by atoms with Crippen LogP contribution in [0.5, 0.6) is 0 Å². The van der Waals surface area contributed by atoms with Crippen molar-refractivity contribution in [3.63, 3.8) is 0 Å². The van der Waals surface area contributed by atoms with Crippen LogP contribution in [0.25, 0.3) is 0 Å². The van der Waals surface area contributed by atoms with E-state index in [1.165, 1.54) is 0 Å². The van der Waals surface area contributed by atoms with Gasteiger partial charge in [0.05, 0.1) is 24.9 Å². The lowest BCUT2D eigenvalue weighted by molar-refractivity contribution is -0.166. The third-order valence-electron chi connectivity index (χ3n) is 5.38. The molecule has 0 bridgehead atoms. The van der Waals surface area contributed by atoms with Gasteiger partial charge in [0, 0.05) is 25.7 Å². The van der Waals surface area contributed by atoms with Crippen molar-refractivity contribution in [1.29, 1.82) is 0 Å². The predicted octanol–water partition coefficient (Wildman–Crippen LogP) is 4.45. The summed E-state index contributed by atoms with van der Waals surface area (Å²) in [5, 5.41) is 13.8. The number of aliphatic hydroxyl groups is 1. The third-order valence-corrected chi connectivity index (χ3v) is 5.38. The summed E-state index contributed by atoms with van der Waals surface area (Å²) in [4.78, 5) is 12.5. The summed E-state index contributed by atoms with van der Waals surface area (Å²) in [6.07, 6.45) is 4.45. The van der Waals surface area contributed by atoms with Gasteiger partial charge in [-0.2, -0.15) is 0 Å². The number of aliphatic hydroxyl groups excluding tert-OH is 1. The van der Waals surface area contributed by atoms with Crippen LogP contribution < -0.4 is 5.32 Å². The molecule has 1 saturated carbocycles. The van der Waals surface area contributed by atoms with Gasteiger partial charge in [-0.3, -0.25) is 0 Å². The summed E-state index contributed by atoms with van der Waals surface area (Å²) < 4.78 is 23.8. The Balaban J connectivity index is 2.99. The highest BCUT2D eigenvalue weighted by atomic mass is 16.6. The second-order valence-electron chi connectivity index (χ2n) is 9.54. The molecule has 1 amide bonds. The second-order valence-corrected chi connectivity index (χ2v) is 9.54. The van der Waals surface area contributed by atoms with E-state index in [0.717, 1.165) is 38.5 Å². The van der Waals surface area contributed by atoms with Gasteiger partial charge in [-0.1, -0.05) is 40.0 Å². The molecule has 1 aliphatic rings. The summed E-state index contributed by atoms with van der Waals surface area (Å²) in [5.74, 6) is 0.00650. The van der Waals surface area contributed by atoms with Crippen LogP contribution in [0.4, 0.5) is 4.79 Å². The monoisotopic (exact) mass is 445 g/mol. The topological polar surface area (TPSA) is 86.3 Å². The van der Waals surface area contributed by atoms with E-state index in [-0.39, 0.29) is 12.0 Å². The first-order valence-electron chi connectivity index (χ1n) is 12.2. The largest absolute Gasteiger partial charge is 0.444 e. The molecule has 0 radical (unpaired) electrons. The highest BCUT2D eigenvalue weighted by molar-refractivity contribution is 5.68. The number of unbranched alkanes of at least 4 members (excludes halogenated alkanes) is 3. The van der Waals surface area contributed by atoms with Crippen molar-refractivity contribution in [2.45, 2.75) is 116 Å². The minimum atomic E-state index is -0.759. The molecular weight excluding hydrogens is 398 g/mol. The maximum atomic E-state index is 12.5. The summed E-state index contributed by atoms with van der Waals surface area (Å²) in [5.41, 5.74) is -0.616. The third kappa shape index (κ3) is 11.0. The van der Waals surface area contributed by atoms with Crippen molar-refractivity contribution in [1.82, 2.24) is 5.32 Å². The van der Waals surface area contributed by atoms with Gasteiger partial charge in [0.15, 0.2) is 0 Å². The highest BCUT2D eigenvalue weighted by Crippen LogP contribution is 2.31. The van der Waals surface area contributed by atoms with E-state index in [1.807, 2.05) is 20.8 Å². The number of carbonyl (C=O) groups is 1. The number of hydrogen-bond donors (Lipinski definition) is 2. The zero-order valence-electron chi connectivity index (χ0n) is 20.7. The number of nitrogens with one attached hydrogen (secondary N) is 1. The van der Waals surface area contributed by atoms with Gasteiger partial charge in [-0.15, -0.1) is 0 Å². The van der Waals surface area contributed by atoms with E-state index in [9.17, 15) is 9.90 Å². The van der Waals surface area contributed by atoms with Crippen molar-refractivity contribution in [2.75, 3.05) is 26.4 Å². The summed E-state index contributed by atoms with van der Waals surface area (Å²) in [6, 6.07) is -0.592. The molecule has 0 saturated heterocycles. The molecule has 1 rings (SSSR count). The van der Waals surface area contributed by atoms with E-state index in [1.54, 1.807) is 0 Å². The minimum absolute atomic E-state index is 0.00650. The van der Waals surface area contributed by atoms with Crippen LogP contribution in [0.2, 0.25) is 0 Å². The van der Waals surface area contributed by atoms with E-state index in [4.69, 9.17) is 18.9 Å².